The maximum absolute atomic E-state index is 4.77. The van der Waals surface area contributed by atoms with Crippen LogP contribution in [0.5, 0.6) is 0 Å². The fourth-order valence-electron chi connectivity index (χ4n) is 2.95. The van der Waals surface area contributed by atoms with Gasteiger partial charge in [-0.1, -0.05) is 6.07 Å². The molecule has 1 aromatic carbocycles. The maximum atomic E-state index is 4.77. The van der Waals surface area contributed by atoms with E-state index in [0.29, 0.717) is 0 Å². The number of fused-ring (bicyclic) bond motifs is 2. The van der Waals surface area contributed by atoms with E-state index in [9.17, 15) is 0 Å². The highest BCUT2D eigenvalue weighted by Gasteiger charge is 2.06. The quantitative estimate of drug-likeness (QED) is 0.528. The molecule has 0 amide bonds. The molecule has 0 aliphatic rings. The molecule has 0 aliphatic heterocycles. The second kappa shape index (κ2) is 5.49. The van der Waals surface area contributed by atoms with Crippen molar-refractivity contribution in [2.45, 2.75) is 0 Å². The van der Waals surface area contributed by atoms with E-state index in [2.05, 4.69) is 38.1 Å². The second-order valence-corrected chi connectivity index (χ2v) is 5.83. The largest absolute Gasteiger partial charge is 0.346 e. The van der Waals surface area contributed by atoms with E-state index in [1.54, 1.807) is 18.6 Å². The Morgan fingerprint density at radius 3 is 2.56 bits per heavy atom. The third-order valence-electron chi connectivity index (χ3n) is 4.25. The monoisotopic (exact) mass is 323 g/mol. The standard InChI is InChI=1S/C20H13N5/c1-2-17-18(25-19(12-23-17)13-3-6-21-7-4-13)10-14(1)16-9-15-5-8-22-20(15)24-11-16/h1-12H,(H,22,24). The molecule has 5 heteroatoms. The van der Waals surface area contributed by atoms with Gasteiger partial charge in [0.15, 0.2) is 0 Å². The molecule has 5 rings (SSSR count). The minimum absolute atomic E-state index is 0.839. The first-order valence-electron chi connectivity index (χ1n) is 7.97. The number of rotatable bonds is 2. The van der Waals surface area contributed by atoms with Gasteiger partial charge in [-0.05, 0) is 42.0 Å². The molecule has 0 bridgehead atoms. The molecule has 0 saturated heterocycles. The van der Waals surface area contributed by atoms with Crippen molar-refractivity contribution >= 4 is 22.1 Å². The van der Waals surface area contributed by atoms with E-state index >= 15 is 0 Å². The van der Waals surface area contributed by atoms with Gasteiger partial charge >= 0.3 is 0 Å². The Bertz CT molecular complexity index is 1190. The van der Waals surface area contributed by atoms with Crippen LogP contribution in [0, 0.1) is 0 Å². The van der Waals surface area contributed by atoms with E-state index in [-0.39, 0.29) is 0 Å². The molecule has 0 spiro atoms. The van der Waals surface area contributed by atoms with Crippen molar-refractivity contribution in [1.29, 1.82) is 0 Å². The molecule has 25 heavy (non-hydrogen) atoms. The van der Waals surface area contributed by atoms with Crippen LogP contribution in [-0.2, 0) is 0 Å². The molecule has 0 atom stereocenters. The number of aromatic amines is 1. The van der Waals surface area contributed by atoms with Crippen molar-refractivity contribution < 1.29 is 0 Å². The van der Waals surface area contributed by atoms with Crippen LogP contribution in [-0.4, -0.2) is 24.9 Å². The molecule has 118 valence electrons. The van der Waals surface area contributed by atoms with E-state index in [4.69, 9.17) is 4.98 Å². The van der Waals surface area contributed by atoms with Crippen LogP contribution in [0.15, 0.2) is 73.4 Å². The Morgan fingerprint density at radius 1 is 0.720 bits per heavy atom. The molecule has 5 aromatic rings. The van der Waals surface area contributed by atoms with Crippen LogP contribution in [0.4, 0.5) is 0 Å². The number of aromatic nitrogens is 5. The zero-order valence-electron chi connectivity index (χ0n) is 13.2. The summed E-state index contributed by atoms with van der Waals surface area (Å²) in [5.41, 5.74) is 6.60. The van der Waals surface area contributed by atoms with Gasteiger partial charge in [-0.2, -0.15) is 0 Å². The Hall–Kier alpha value is -3.60. The summed E-state index contributed by atoms with van der Waals surface area (Å²) in [4.78, 5) is 20.9. The van der Waals surface area contributed by atoms with Gasteiger partial charge in [0.05, 0.1) is 22.9 Å². The summed E-state index contributed by atoms with van der Waals surface area (Å²) >= 11 is 0. The zero-order chi connectivity index (χ0) is 16.6. The van der Waals surface area contributed by atoms with Gasteiger partial charge in [-0.25, -0.2) is 9.97 Å². The first-order chi connectivity index (χ1) is 12.4. The lowest BCUT2D eigenvalue weighted by molar-refractivity contribution is 1.27. The smallest absolute Gasteiger partial charge is 0.137 e. The Balaban J connectivity index is 1.64. The maximum Gasteiger partial charge on any atom is 0.137 e. The first kappa shape index (κ1) is 13.8. The molecular weight excluding hydrogens is 310 g/mol. The third-order valence-corrected chi connectivity index (χ3v) is 4.25. The summed E-state index contributed by atoms with van der Waals surface area (Å²) in [6.07, 6.45) is 9.09. The van der Waals surface area contributed by atoms with E-state index in [1.807, 2.05) is 36.7 Å². The van der Waals surface area contributed by atoms with Gasteiger partial charge in [0, 0.05) is 41.3 Å². The number of H-pyrrole nitrogens is 1. The average molecular weight is 323 g/mol. The minimum Gasteiger partial charge on any atom is -0.346 e. The third kappa shape index (κ3) is 2.42. The van der Waals surface area contributed by atoms with Crippen molar-refractivity contribution in [3.8, 4) is 22.4 Å². The number of hydrogen-bond donors (Lipinski definition) is 1. The fourth-order valence-corrected chi connectivity index (χ4v) is 2.95. The summed E-state index contributed by atoms with van der Waals surface area (Å²) in [7, 11) is 0. The van der Waals surface area contributed by atoms with Crippen molar-refractivity contribution in [2.75, 3.05) is 0 Å². The number of pyridine rings is 2. The lowest BCUT2D eigenvalue weighted by Crippen LogP contribution is -1.90. The van der Waals surface area contributed by atoms with Crippen molar-refractivity contribution in [2.24, 2.45) is 0 Å². The van der Waals surface area contributed by atoms with Crippen LogP contribution in [0.25, 0.3) is 44.5 Å². The molecular formula is C20H13N5. The molecule has 4 heterocycles. The van der Waals surface area contributed by atoms with Gasteiger partial charge in [-0.15, -0.1) is 0 Å². The molecule has 1 N–H and O–H groups in total. The molecule has 0 radical (unpaired) electrons. The van der Waals surface area contributed by atoms with Crippen LogP contribution < -0.4 is 0 Å². The van der Waals surface area contributed by atoms with E-state index < -0.39 is 0 Å². The van der Waals surface area contributed by atoms with Gasteiger partial charge in [0.1, 0.15) is 5.65 Å². The normalized spacial score (nSPS) is 11.2. The van der Waals surface area contributed by atoms with Gasteiger partial charge in [0.25, 0.3) is 0 Å². The predicted octanol–water partition coefficient (Wildman–Crippen LogP) is 4.24. The summed E-state index contributed by atoms with van der Waals surface area (Å²) in [6.45, 7) is 0. The van der Waals surface area contributed by atoms with Crippen molar-refractivity contribution in [3.63, 3.8) is 0 Å². The van der Waals surface area contributed by atoms with E-state index in [1.165, 1.54) is 0 Å². The lowest BCUT2D eigenvalue weighted by atomic mass is 10.1. The van der Waals surface area contributed by atoms with Crippen LogP contribution in [0.2, 0.25) is 0 Å². The zero-order valence-corrected chi connectivity index (χ0v) is 13.2. The summed E-state index contributed by atoms with van der Waals surface area (Å²) in [5.74, 6) is 0. The minimum atomic E-state index is 0.839. The van der Waals surface area contributed by atoms with Crippen molar-refractivity contribution in [3.05, 3.63) is 73.4 Å². The van der Waals surface area contributed by atoms with Crippen LogP contribution in [0.1, 0.15) is 0 Å². The van der Waals surface area contributed by atoms with Crippen LogP contribution >= 0.6 is 0 Å². The van der Waals surface area contributed by atoms with Gasteiger partial charge in [0.2, 0.25) is 0 Å². The molecule has 0 fully saturated rings. The summed E-state index contributed by atoms with van der Waals surface area (Å²) in [5, 5.41) is 1.09. The Kier molecular flexibility index (Phi) is 3.03. The molecule has 0 saturated carbocycles. The average Bonchev–Trinajstić information content (AvgIpc) is 3.15. The lowest BCUT2D eigenvalue weighted by Gasteiger charge is -2.05. The topological polar surface area (TPSA) is 67.3 Å². The summed E-state index contributed by atoms with van der Waals surface area (Å²) < 4.78 is 0. The highest BCUT2D eigenvalue weighted by molar-refractivity contribution is 5.86. The van der Waals surface area contributed by atoms with Crippen molar-refractivity contribution in [1.82, 2.24) is 24.9 Å². The highest BCUT2D eigenvalue weighted by atomic mass is 14.8. The molecule has 0 unspecified atom stereocenters. The van der Waals surface area contributed by atoms with E-state index in [0.717, 1.165) is 44.5 Å². The molecule has 0 aliphatic carbocycles. The van der Waals surface area contributed by atoms with Crippen LogP contribution in [0.3, 0.4) is 0 Å². The highest BCUT2D eigenvalue weighted by Crippen LogP contribution is 2.26. The van der Waals surface area contributed by atoms with Gasteiger partial charge < -0.3 is 4.98 Å². The Morgan fingerprint density at radius 2 is 1.64 bits per heavy atom. The second-order valence-electron chi connectivity index (χ2n) is 5.83. The van der Waals surface area contributed by atoms with Gasteiger partial charge in [-0.3, -0.25) is 9.97 Å². The predicted molar refractivity (Wildman–Crippen MR) is 97.9 cm³/mol. The number of benzene rings is 1. The number of nitrogens with zero attached hydrogens (tertiary/aromatic N) is 4. The fraction of sp³-hybridized carbons (Fsp3) is 0. The number of nitrogens with one attached hydrogen (secondary N) is 1. The first-order valence-corrected chi connectivity index (χ1v) is 7.97. The Labute approximate surface area is 143 Å². The number of hydrogen-bond acceptors (Lipinski definition) is 4. The SMILES string of the molecule is c1cc(-c2cnc3ccc(-c4cnc5[nH]ccc5c4)cc3n2)ccn1. The molecule has 5 nitrogen and oxygen atoms in total. The summed E-state index contributed by atoms with van der Waals surface area (Å²) in [6, 6.07) is 14.1. The molecule has 4 aromatic heterocycles.